The largest absolute Gasteiger partial charge is 0.417 e. The number of halogens is 4. The van der Waals surface area contributed by atoms with Crippen molar-refractivity contribution in [3.8, 4) is 0 Å². The molecule has 1 aromatic rings. The van der Waals surface area contributed by atoms with Crippen LogP contribution < -0.4 is 5.43 Å². The van der Waals surface area contributed by atoms with Gasteiger partial charge in [-0.25, -0.2) is 4.98 Å². The number of anilines is 1. The van der Waals surface area contributed by atoms with Gasteiger partial charge >= 0.3 is 6.18 Å². The Bertz CT molecular complexity index is 478. The van der Waals surface area contributed by atoms with Gasteiger partial charge < -0.3 is 0 Å². The number of nitrogens with one attached hydrogen (secondary N) is 1. The standard InChI is InChI=1S/C12H13ClF3N3/c13-10-6-8(12(14,15)16)7-17-11(10)19-18-9-4-2-1-3-5-9/h6-7H,1-5H2,(H,17,19). The second-order valence-electron chi connectivity index (χ2n) is 4.40. The highest BCUT2D eigenvalue weighted by atomic mass is 35.5. The lowest BCUT2D eigenvalue weighted by atomic mass is 9.99. The van der Waals surface area contributed by atoms with E-state index < -0.39 is 11.7 Å². The van der Waals surface area contributed by atoms with Gasteiger partial charge in [0.25, 0.3) is 0 Å². The van der Waals surface area contributed by atoms with E-state index in [1.807, 2.05) is 0 Å². The highest BCUT2D eigenvalue weighted by molar-refractivity contribution is 6.32. The number of alkyl halides is 3. The maximum Gasteiger partial charge on any atom is 0.417 e. The van der Waals surface area contributed by atoms with E-state index in [0.29, 0.717) is 0 Å². The third-order valence-corrected chi connectivity index (χ3v) is 3.21. The van der Waals surface area contributed by atoms with Crippen molar-refractivity contribution in [3.05, 3.63) is 22.8 Å². The van der Waals surface area contributed by atoms with Crippen LogP contribution in [0.5, 0.6) is 0 Å². The molecule has 2 rings (SSSR count). The maximum atomic E-state index is 12.4. The van der Waals surface area contributed by atoms with Crippen LogP contribution in [0, 0.1) is 0 Å². The monoisotopic (exact) mass is 291 g/mol. The van der Waals surface area contributed by atoms with Crippen LogP contribution in [-0.4, -0.2) is 10.7 Å². The fourth-order valence-corrected chi connectivity index (χ4v) is 2.09. The average Bonchev–Trinajstić information content (AvgIpc) is 2.37. The zero-order chi connectivity index (χ0) is 13.9. The second kappa shape index (κ2) is 5.77. The first kappa shape index (κ1) is 14.1. The number of hydrazone groups is 1. The van der Waals surface area contributed by atoms with Crippen LogP contribution in [0.4, 0.5) is 19.0 Å². The highest BCUT2D eigenvalue weighted by Gasteiger charge is 2.31. The smallest absolute Gasteiger partial charge is 0.260 e. The van der Waals surface area contributed by atoms with Crippen molar-refractivity contribution in [1.82, 2.24) is 4.98 Å². The van der Waals surface area contributed by atoms with Crippen LogP contribution in [0.2, 0.25) is 5.02 Å². The Morgan fingerprint density at radius 3 is 2.47 bits per heavy atom. The molecule has 1 aliphatic rings. The summed E-state index contributed by atoms with van der Waals surface area (Å²) >= 11 is 5.76. The lowest BCUT2D eigenvalue weighted by Gasteiger charge is -2.13. The summed E-state index contributed by atoms with van der Waals surface area (Å²) in [6.07, 6.45) is 1.50. The summed E-state index contributed by atoms with van der Waals surface area (Å²) < 4.78 is 37.3. The summed E-state index contributed by atoms with van der Waals surface area (Å²) in [6, 6.07) is 0.845. The molecule has 1 fully saturated rings. The molecule has 0 saturated heterocycles. The van der Waals surface area contributed by atoms with E-state index in [1.165, 1.54) is 6.42 Å². The minimum Gasteiger partial charge on any atom is -0.260 e. The Morgan fingerprint density at radius 1 is 1.21 bits per heavy atom. The zero-order valence-corrected chi connectivity index (χ0v) is 10.9. The van der Waals surface area contributed by atoms with Gasteiger partial charge in [-0.05, 0) is 31.7 Å². The average molecular weight is 292 g/mol. The van der Waals surface area contributed by atoms with Gasteiger partial charge in [0, 0.05) is 11.9 Å². The van der Waals surface area contributed by atoms with Gasteiger partial charge in [-0.1, -0.05) is 18.0 Å². The number of hydrogen-bond donors (Lipinski definition) is 1. The molecule has 0 aromatic carbocycles. The lowest BCUT2D eigenvalue weighted by Crippen LogP contribution is -2.09. The molecule has 3 nitrogen and oxygen atoms in total. The van der Waals surface area contributed by atoms with Crippen molar-refractivity contribution in [2.75, 3.05) is 5.43 Å². The van der Waals surface area contributed by atoms with Crippen LogP contribution in [0.1, 0.15) is 37.7 Å². The Labute approximate surface area is 113 Å². The summed E-state index contributed by atoms with van der Waals surface area (Å²) in [5.74, 6) is 0.146. The Balaban J connectivity index is 2.09. The van der Waals surface area contributed by atoms with Crippen molar-refractivity contribution in [1.29, 1.82) is 0 Å². The molecule has 0 bridgehead atoms. The first-order valence-corrected chi connectivity index (χ1v) is 6.39. The molecule has 0 atom stereocenters. The van der Waals surface area contributed by atoms with Gasteiger partial charge in [0.15, 0.2) is 5.82 Å². The van der Waals surface area contributed by atoms with Crippen molar-refractivity contribution in [3.63, 3.8) is 0 Å². The predicted octanol–water partition coefficient (Wildman–Crippen LogP) is 4.49. The molecule has 1 saturated carbocycles. The van der Waals surface area contributed by atoms with Crippen LogP contribution in [0.25, 0.3) is 0 Å². The van der Waals surface area contributed by atoms with Crippen molar-refractivity contribution < 1.29 is 13.2 Å². The molecule has 7 heteroatoms. The predicted molar refractivity (Wildman–Crippen MR) is 68.4 cm³/mol. The molecular formula is C12H13ClF3N3. The van der Waals surface area contributed by atoms with E-state index in [0.717, 1.165) is 43.7 Å². The van der Waals surface area contributed by atoms with E-state index in [4.69, 9.17) is 11.6 Å². The zero-order valence-electron chi connectivity index (χ0n) is 10.1. The third-order valence-electron chi connectivity index (χ3n) is 2.92. The van der Waals surface area contributed by atoms with E-state index in [-0.39, 0.29) is 10.8 Å². The van der Waals surface area contributed by atoms with Crippen LogP contribution in [0.3, 0.4) is 0 Å². The van der Waals surface area contributed by atoms with E-state index in [2.05, 4.69) is 15.5 Å². The fourth-order valence-electron chi connectivity index (χ4n) is 1.88. The molecule has 104 valence electrons. The van der Waals surface area contributed by atoms with Gasteiger partial charge in [0.2, 0.25) is 0 Å². The summed E-state index contributed by atoms with van der Waals surface area (Å²) in [4.78, 5) is 3.66. The molecule has 0 amide bonds. The molecular weight excluding hydrogens is 279 g/mol. The molecule has 1 aromatic heterocycles. The molecule has 1 aliphatic carbocycles. The molecule has 19 heavy (non-hydrogen) atoms. The van der Waals surface area contributed by atoms with Crippen LogP contribution in [-0.2, 0) is 6.18 Å². The highest BCUT2D eigenvalue weighted by Crippen LogP contribution is 2.32. The van der Waals surface area contributed by atoms with E-state index in [9.17, 15) is 13.2 Å². The van der Waals surface area contributed by atoms with Crippen molar-refractivity contribution >= 4 is 23.1 Å². The summed E-state index contributed by atoms with van der Waals surface area (Å²) in [5.41, 5.74) is 2.78. The van der Waals surface area contributed by atoms with E-state index >= 15 is 0 Å². The first-order valence-electron chi connectivity index (χ1n) is 6.01. The fraction of sp³-hybridized carbons (Fsp3) is 0.500. The number of nitrogens with zero attached hydrogens (tertiary/aromatic N) is 2. The normalized spacial score (nSPS) is 16.3. The molecule has 0 unspecified atom stereocenters. The number of aromatic nitrogens is 1. The van der Waals surface area contributed by atoms with Crippen molar-refractivity contribution in [2.45, 2.75) is 38.3 Å². The quantitative estimate of drug-likeness (QED) is 0.815. The van der Waals surface area contributed by atoms with Gasteiger partial charge in [-0.2, -0.15) is 18.3 Å². The van der Waals surface area contributed by atoms with Gasteiger partial charge in [-0.3, -0.25) is 5.43 Å². The summed E-state index contributed by atoms with van der Waals surface area (Å²) in [6.45, 7) is 0. The summed E-state index contributed by atoms with van der Waals surface area (Å²) in [7, 11) is 0. The second-order valence-corrected chi connectivity index (χ2v) is 4.81. The van der Waals surface area contributed by atoms with Gasteiger partial charge in [-0.15, -0.1) is 0 Å². The van der Waals surface area contributed by atoms with E-state index in [1.54, 1.807) is 0 Å². The topological polar surface area (TPSA) is 37.3 Å². The molecule has 0 radical (unpaired) electrons. The SMILES string of the molecule is FC(F)(F)c1cnc(NN=C2CCCCC2)c(Cl)c1. The van der Waals surface area contributed by atoms with Crippen LogP contribution in [0.15, 0.2) is 17.4 Å². The summed E-state index contributed by atoms with van der Waals surface area (Å²) in [5, 5.41) is 4.06. The van der Waals surface area contributed by atoms with Gasteiger partial charge in [0.1, 0.15) is 0 Å². The molecule has 1 N–H and O–H groups in total. The number of hydrogen-bond acceptors (Lipinski definition) is 3. The first-order chi connectivity index (χ1) is 8.97. The molecule has 0 spiro atoms. The Kier molecular flexibility index (Phi) is 4.29. The lowest BCUT2D eigenvalue weighted by molar-refractivity contribution is -0.137. The van der Waals surface area contributed by atoms with Crippen molar-refractivity contribution in [2.24, 2.45) is 5.10 Å². The maximum absolute atomic E-state index is 12.4. The van der Waals surface area contributed by atoms with Crippen LogP contribution >= 0.6 is 11.6 Å². The minimum atomic E-state index is -4.44. The van der Waals surface area contributed by atoms with Gasteiger partial charge in [0.05, 0.1) is 10.6 Å². The third kappa shape index (κ3) is 3.83. The molecule has 1 heterocycles. The minimum absolute atomic E-state index is 0.0880. The Morgan fingerprint density at radius 2 is 1.89 bits per heavy atom. The molecule has 0 aliphatic heterocycles. The Hall–Kier alpha value is -1.30. The number of rotatable bonds is 2. The number of pyridine rings is 1.